The van der Waals surface area contributed by atoms with E-state index in [4.69, 9.17) is 11.6 Å². The third kappa shape index (κ3) is 1.46. The predicted molar refractivity (Wildman–Crippen MR) is 61.9 cm³/mol. The molecule has 2 heterocycles. The van der Waals surface area contributed by atoms with Crippen LogP contribution in [0.5, 0.6) is 0 Å². The van der Waals surface area contributed by atoms with E-state index in [0.29, 0.717) is 5.82 Å². The number of hydrogen-bond donors (Lipinski definition) is 0. The number of tetrazole rings is 1. The summed E-state index contributed by atoms with van der Waals surface area (Å²) in [5.41, 5.74) is 3.70. The maximum Gasteiger partial charge on any atom is 0.171 e. The molecule has 5 nitrogen and oxygen atoms in total. The van der Waals surface area contributed by atoms with Crippen molar-refractivity contribution in [3.63, 3.8) is 0 Å². The minimum absolute atomic E-state index is 0.285. The first kappa shape index (κ1) is 9.68. The Hall–Kier alpha value is -1.53. The molecule has 0 spiro atoms. The minimum atomic E-state index is 0.285. The molecule has 0 fully saturated rings. The van der Waals surface area contributed by atoms with E-state index < -0.39 is 0 Å². The smallest absolute Gasteiger partial charge is 0.171 e. The molecule has 16 heavy (non-hydrogen) atoms. The molecule has 0 aliphatic carbocycles. The monoisotopic (exact) mass is 251 g/mol. The first-order valence-electron chi connectivity index (χ1n) is 4.55. The molecule has 0 saturated heterocycles. The van der Waals surface area contributed by atoms with Crippen LogP contribution in [0.4, 0.5) is 0 Å². The van der Waals surface area contributed by atoms with Crippen molar-refractivity contribution < 1.29 is 0 Å². The molecule has 0 bridgehead atoms. The Morgan fingerprint density at radius 3 is 3.19 bits per heavy atom. The van der Waals surface area contributed by atoms with Crippen LogP contribution in [-0.2, 0) is 5.88 Å². The third-order valence-corrected chi connectivity index (χ3v) is 3.24. The van der Waals surface area contributed by atoms with Gasteiger partial charge >= 0.3 is 0 Å². The summed E-state index contributed by atoms with van der Waals surface area (Å²) in [4.78, 5) is 4.22. The maximum absolute atomic E-state index is 5.75. The summed E-state index contributed by atoms with van der Waals surface area (Å²) in [5, 5.41) is 11.3. The van der Waals surface area contributed by atoms with E-state index in [1.807, 2.05) is 23.7 Å². The Balaban J connectivity index is 2.18. The van der Waals surface area contributed by atoms with E-state index in [0.717, 1.165) is 15.9 Å². The molecule has 0 aliphatic rings. The number of thiazole rings is 1. The Kier molecular flexibility index (Phi) is 2.30. The van der Waals surface area contributed by atoms with Gasteiger partial charge in [0.25, 0.3) is 0 Å². The summed E-state index contributed by atoms with van der Waals surface area (Å²) in [6.45, 7) is 0. The first-order chi connectivity index (χ1) is 7.88. The highest BCUT2D eigenvalue weighted by molar-refractivity contribution is 7.16. The minimum Gasteiger partial charge on any atom is -0.245 e. The fourth-order valence-corrected chi connectivity index (χ4v) is 2.34. The van der Waals surface area contributed by atoms with Crippen LogP contribution in [0.3, 0.4) is 0 Å². The number of halogens is 1. The zero-order valence-corrected chi connectivity index (χ0v) is 9.61. The molecule has 0 N–H and O–H groups in total. The van der Waals surface area contributed by atoms with Crippen LogP contribution in [0, 0.1) is 0 Å². The second kappa shape index (κ2) is 3.80. The van der Waals surface area contributed by atoms with Gasteiger partial charge in [-0.25, -0.2) is 4.98 Å². The third-order valence-electron chi connectivity index (χ3n) is 2.21. The van der Waals surface area contributed by atoms with Gasteiger partial charge in [0.2, 0.25) is 0 Å². The molecule has 0 amide bonds. The highest BCUT2D eigenvalue weighted by Gasteiger charge is 2.07. The fourth-order valence-electron chi connectivity index (χ4n) is 1.47. The zero-order valence-electron chi connectivity index (χ0n) is 8.04. The SMILES string of the molecule is ClCc1nnnn1-c1ccc2ncsc2c1. The second-order valence-corrected chi connectivity index (χ2v) is 4.30. The van der Waals surface area contributed by atoms with Crippen LogP contribution < -0.4 is 0 Å². The van der Waals surface area contributed by atoms with Crippen molar-refractivity contribution in [2.75, 3.05) is 0 Å². The standard InChI is InChI=1S/C9H6ClN5S/c10-4-9-12-13-14-15(9)6-1-2-7-8(3-6)16-5-11-7/h1-3,5H,4H2. The van der Waals surface area contributed by atoms with Crippen LogP contribution in [-0.4, -0.2) is 25.2 Å². The molecule has 80 valence electrons. The van der Waals surface area contributed by atoms with Gasteiger partial charge in [0.1, 0.15) is 0 Å². The van der Waals surface area contributed by atoms with Gasteiger partial charge in [-0.2, -0.15) is 4.68 Å². The fraction of sp³-hybridized carbons (Fsp3) is 0.111. The van der Waals surface area contributed by atoms with E-state index in [1.54, 1.807) is 16.0 Å². The summed E-state index contributed by atoms with van der Waals surface area (Å²) >= 11 is 7.33. The van der Waals surface area contributed by atoms with Gasteiger partial charge in [-0.15, -0.1) is 28.0 Å². The van der Waals surface area contributed by atoms with Crippen LogP contribution in [0.1, 0.15) is 5.82 Å². The normalized spacial score (nSPS) is 11.1. The molecule has 0 aliphatic heterocycles. The van der Waals surface area contributed by atoms with Gasteiger partial charge < -0.3 is 0 Å². The van der Waals surface area contributed by atoms with Crippen LogP contribution in [0.25, 0.3) is 15.9 Å². The lowest BCUT2D eigenvalue weighted by Gasteiger charge is -2.01. The average Bonchev–Trinajstić information content (AvgIpc) is 2.96. The van der Waals surface area contributed by atoms with Gasteiger partial charge in [0.05, 0.1) is 27.3 Å². The molecule has 2 aromatic heterocycles. The molecule has 0 atom stereocenters. The van der Waals surface area contributed by atoms with E-state index >= 15 is 0 Å². The Morgan fingerprint density at radius 1 is 1.38 bits per heavy atom. The second-order valence-electron chi connectivity index (χ2n) is 3.14. The molecule has 3 aromatic rings. The molecule has 0 radical (unpaired) electrons. The molecular formula is C9H6ClN5S. The van der Waals surface area contributed by atoms with Gasteiger partial charge in [-0.1, -0.05) is 0 Å². The van der Waals surface area contributed by atoms with Crippen molar-refractivity contribution in [3.05, 3.63) is 29.5 Å². The first-order valence-corrected chi connectivity index (χ1v) is 5.97. The molecule has 1 aromatic carbocycles. The quantitative estimate of drug-likeness (QED) is 0.654. The Bertz CT molecular complexity index is 631. The van der Waals surface area contributed by atoms with Crippen LogP contribution in [0.2, 0.25) is 0 Å². The lowest BCUT2D eigenvalue weighted by atomic mass is 10.3. The summed E-state index contributed by atoms with van der Waals surface area (Å²) in [6, 6.07) is 5.87. The summed E-state index contributed by atoms with van der Waals surface area (Å²) in [5.74, 6) is 0.916. The number of hydrogen-bond acceptors (Lipinski definition) is 5. The lowest BCUT2D eigenvalue weighted by molar-refractivity contribution is 0.778. The lowest BCUT2D eigenvalue weighted by Crippen LogP contribution is -2.00. The topological polar surface area (TPSA) is 56.5 Å². The maximum atomic E-state index is 5.75. The van der Waals surface area contributed by atoms with Gasteiger partial charge in [-0.05, 0) is 28.6 Å². The van der Waals surface area contributed by atoms with Crippen molar-refractivity contribution in [1.29, 1.82) is 0 Å². The van der Waals surface area contributed by atoms with E-state index in [-0.39, 0.29) is 5.88 Å². The van der Waals surface area contributed by atoms with Gasteiger partial charge in [0, 0.05) is 0 Å². The zero-order chi connectivity index (χ0) is 11.0. The number of aromatic nitrogens is 5. The van der Waals surface area contributed by atoms with Crippen LogP contribution >= 0.6 is 22.9 Å². The molecule has 7 heteroatoms. The molecule has 3 rings (SSSR count). The van der Waals surface area contributed by atoms with Crippen molar-refractivity contribution in [3.8, 4) is 5.69 Å². The van der Waals surface area contributed by atoms with Crippen molar-refractivity contribution in [2.45, 2.75) is 5.88 Å². The average molecular weight is 252 g/mol. The van der Waals surface area contributed by atoms with E-state index in [1.165, 1.54) is 0 Å². The summed E-state index contributed by atoms with van der Waals surface area (Å²) in [7, 11) is 0. The number of benzene rings is 1. The summed E-state index contributed by atoms with van der Waals surface area (Å²) < 4.78 is 2.74. The number of fused-ring (bicyclic) bond motifs is 1. The largest absolute Gasteiger partial charge is 0.245 e. The molecular weight excluding hydrogens is 246 g/mol. The Morgan fingerprint density at radius 2 is 2.31 bits per heavy atom. The number of alkyl halides is 1. The number of rotatable bonds is 2. The highest BCUT2D eigenvalue weighted by atomic mass is 35.5. The Labute approximate surface area is 99.7 Å². The van der Waals surface area contributed by atoms with Gasteiger partial charge in [0.15, 0.2) is 5.82 Å². The van der Waals surface area contributed by atoms with Crippen molar-refractivity contribution >= 4 is 33.2 Å². The number of nitrogens with zero attached hydrogens (tertiary/aromatic N) is 5. The summed E-state index contributed by atoms with van der Waals surface area (Å²) in [6.07, 6.45) is 0. The van der Waals surface area contributed by atoms with Gasteiger partial charge in [-0.3, -0.25) is 0 Å². The van der Waals surface area contributed by atoms with E-state index in [2.05, 4.69) is 20.5 Å². The highest BCUT2D eigenvalue weighted by Crippen LogP contribution is 2.21. The van der Waals surface area contributed by atoms with E-state index in [9.17, 15) is 0 Å². The van der Waals surface area contributed by atoms with Crippen LogP contribution in [0.15, 0.2) is 23.7 Å². The predicted octanol–water partition coefficient (Wildman–Crippen LogP) is 2.01. The van der Waals surface area contributed by atoms with Crippen molar-refractivity contribution in [2.24, 2.45) is 0 Å². The van der Waals surface area contributed by atoms with Crippen molar-refractivity contribution in [1.82, 2.24) is 25.2 Å². The molecule has 0 unspecified atom stereocenters. The molecule has 0 saturated carbocycles.